The van der Waals surface area contributed by atoms with Gasteiger partial charge in [0.1, 0.15) is 0 Å². The summed E-state index contributed by atoms with van der Waals surface area (Å²) >= 11 is 0. The fourth-order valence-corrected chi connectivity index (χ4v) is 9.45. The molecule has 2 heteroatoms. The Morgan fingerprint density at radius 1 is 0.333 bits per heavy atom. The van der Waals surface area contributed by atoms with Crippen LogP contribution >= 0.6 is 0 Å². The van der Waals surface area contributed by atoms with Crippen molar-refractivity contribution in [3.8, 4) is 22.3 Å². The van der Waals surface area contributed by atoms with E-state index in [1.54, 1.807) is 0 Å². The molecular formula is C55H40N2. The maximum atomic E-state index is 2.46. The first-order chi connectivity index (χ1) is 28.0. The summed E-state index contributed by atoms with van der Waals surface area (Å²) in [5.74, 6) is 0. The molecule has 10 aromatic rings. The summed E-state index contributed by atoms with van der Waals surface area (Å²) in [7, 11) is 0. The molecule has 0 atom stereocenters. The highest BCUT2D eigenvalue weighted by molar-refractivity contribution is 6.28. The first kappa shape index (κ1) is 33.2. The molecule has 0 bridgehead atoms. The molecule has 0 aromatic heterocycles. The van der Waals surface area contributed by atoms with Crippen molar-refractivity contribution in [2.45, 2.75) is 19.3 Å². The lowest BCUT2D eigenvalue weighted by Crippen LogP contribution is -2.16. The molecule has 0 N–H and O–H groups in total. The molecule has 0 saturated heterocycles. The Hall–Kier alpha value is -7.16. The molecule has 1 aliphatic carbocycles. The van der Waals surface area contributed by atoms with Gasteiger partial charge in [0, 0.05) is 39.2 Å². The molecule has 57 heavy (non-hydrogen) atoms. The molecule has 0 radical (unpaired) electrons. The van der Waals surface area contributed by atoms with E-state index in [9.17, 15) is 0 Å². The highest BCUT2D eigenvalue weighted by Crippen LogP contribution is 2.52. The highest BCUT2D eigenvalue weighted by Gasteiger charge is 2.36. The Morgan fingerprint density at radius 3 is 1.35 bits per heavy atom. The van der Waals surface area contributed by atoms with E-state index in [-0.39, 0.29) is 5.41 Å². The molecule has 10 aromatic carbocycles. The second-order valence-corrected chi connectivity index (χ2v) is 15.7. The standard InChI is InChI=1S/C55H40N2/c1-55(2)50-35-39(26-30-46(50)47-33-28-44(36-51(47)55)56(40-15-7-3-8-16-40)41-17-9-4-10-18-41)45-29-23-37-25-32-49-52(34-27-38-24-31-48(45)53(37)54(38)49)57(42-19-11-5-12-20-42)43-21-13-6-14-22-43/h3-36H,1-2H3. The van der Waals surface area contributed by atoms with Crippen LogP contribution in [-0.4, -0.2) is 0 Å². The first-order valence-corrected chi connectivity index (χ1v) is 19.9. The summed E-state index contributed by atoms with van der Waals surface area (Å²) in [5, 5.41) is 7.68. The van der Waals surface area contributed by atoms with Crippen molar-refractivity contribution in [1.29, 1.82) is 0 Å². The van der Waals surface area contributed by atoms with Crippen molar-refractivity contribution in [3.05, 3.63) is 217 Å². The van der Waals surface area contributed by atoms with Crippen LogP contribution in [0.15, 0.2) is 206 Å². The van der Waals surface area contributed by atoms with Crippen LogP contribution in [0.1, 0.15) is 25.0 Å². The first-order valence-electron chi connectivity index (χ1n) is 19.9. The molecule has 0 saturated carbocycles. The molecule has 0 amide bonds. The number of hydrogen-bond donors (Lipinski definition) is 0. The van der Waals surface area contributed by atoms with Crippen LogP contribution in [0.25, 0.3) is 54.6 Å². The topological polar surface area (TPSA) is 6.48 Å². The van der Waals surface area contributed by atoms with Gasteiger partial charge in [0.25, 0.3) is 0 Å². The van der Waals surface area contributed by atoms with Gasteiger partial charge in [0.2, 0.25) is 0 Å². The summed E-state index contributed by atoms with van der Waals surface area (Å²) in [4.78, 5) is 4.75. The number of benzene rings is 10. The van der Waals surface area contributed by atoms with Crippen molar-refractivity contribution in [1.82, 2.24) is 0 Å². The third-order valence-electron chi connectivity index (χ3n) is 12.2. The van der Waals surface area contributed by atoms with Crippen LogP contribution < -0.4 is 9.80 Å². The summed E-state index contributed by atoms with van der Waals surface area (Å²) in [6.07, 6.45) is 0. The van der Waals surface area contributed by atoms with Crippen molar-refractivity contribution < 1.29 is 0 Å². The minimum atomic E-state index is -0.188. The number of hydrogen-bond acceptors (Lipinski definition) is 2. The van der Waals surface area contributed by atoms with Crippen LogP contribution in [-0.2, 0) is 5.41 Å². The summed E-state index contributed by atoms with van der Waals surface area (Å²) < 4.78 is 0. The molecule has 270 valence electrons. The van der Waals surface area contributed by atoms with Gasteiger partial charge in [-0.15, -0.1) is 0 Å². The quantitative estimate of drug-likeness (QED) is 0.151. The predicted octanol–water partition coefficient (Wildman–Crippen LogP) is 15.5. The van der Waals surface area contributed by atoms with Gasteiger partial charge < -0.3 is 9.80 Å². The summed E-state index contributed by atoms with van der Waals surface area (Å²) in [5.41, 5.74) is 14.6. The number of rotatable bonds is 7. The van der Waals surface area contributed by atoms with Gasteiger partial charge in [-0.2, -0.15) is 0 Å². The maximum Gasteiger partial charge on any atom is 0.0540 e. The van der Waals surface area contributed by atoms with Gasteiger partial charge in [0.05, 0.1) is 5.69 Å². The van der Waals surface area contributed by atoms with E-state index in [4.69, 9.17) is 0 Å². The molecule has 0 aliphatic heterocycles. The van der Waals surface area contributed by atoms with Crippen molar-refractivity contribution in [2.75, 3.05) is 9.80 Å². The average molecular weight is 729 g/mol. The van der Waals surface area contributed by atoms with E-state index in [2.05, 4.69) is 230 Å². The van der Waals surface area contributed by atoms with E-state index >= 15 is 0 Å². The molecule has 0 fully saturated rings. The molecule has 0 unspecified atom stereocenters. The van der Waals surface area contributed by atoms with E-state index < -0.39 is 0 Å². The number of para-hydroxylation sites is 4. The molecule has 0 heterocycles. The van der Waals surface area contributed by atoms with E-state index in [0.29, 0.717) is 0 Å². The molecule has 2 nitrogen and oxygen atoms in total. The van der Waals surface area contributed by atoms with Gasteiger partial charge in [-0.05, 0) is 133 Å². The zero-order valence-corrected chi connectivity index (χ0v) is 32.0. The fraction of sp³-hybridized carbons (Fsp3) is 0.0545. The fourth-order valence-electron chi connectivity index (χ4n) is 9.45. The molecule has 0 spiro atoms. The third-order valence-corrected chi connectivity index (χ3v) is 12.2. The SMILES string of the molecule is CC1(C)c2cc(-c3ccc4ccc5c(N(c6ccccc6)c6ccccc6)ccc6ccc3c4c65)ccc2-c2ccc(N(c3ccccc3)c3ccccc3)cc21. The highest BCUT2D eigenvalue weighted by atomic mass is 15.1. The Morgan fingerprint density at radius 2 is 0.772 bits per heavy atom. The maximum absolute atomic E-state index is 2.46. The van der Waals surface area contributed by atoms with Gasteiger partial charge in [0.15, 0.2) is 0 Å². The van der Waals surface area contributed by atoms with Gasteiger partial charge in [-0.3, -0.25) is 0 Å². The largest absolute Gasteiger partial charge is 0.310 e. The number of fused-ring (bicyclic) bond motifs is 3. The lowest BCUT2D eigenvalue weighted by atomic mass is 9.81. The number of anilines is 6. The lowest BCUT2D eigenvalue weighted by molar-refractivity contribution is 0.660. The Kier molecular flexibility index (Phi) is 7.55. The minimum Gasteiger partial charge on any atom is -0.310 e. The van der Waals surface area contributed by atoms with Crippen LogP contribution in [0.4, 0.5) is 34.1 Å². The average Bonchev–Trinajstić information content (AvgIpc) is 3.49. The van der Waals surface area contributed by atoms with Crippen molar-refractivity contribution in [3.63, 3.8) is 0 Å². The Labute approximate surface area is 333 Å². The zero-order valence-electron chi connectivity index (χ0n) is 32.0. The second-order valence-electron chi connectivity index (χ2n) is 15.7. The van der Waals surface area contributed by atoms with E-state index in [1.807, 2.05) is 0 Å². The molecular weight excluding hydrogens is 689 g/mol. The van der Waals surface area contributed by atoms with E-state index in [1.165, 1.54) is 71.4 Å². The Bertz CT molecular complexity index is 3000. The summed E-state index contributed by atoms with van der Waals surface area (Å²) in [6, 6.07) is 75.5. The van der Waals surface area contributed by atoms with Crippen molar-refractivity contribution >= 4 is 66.4 Å². The summed E-state index contributed by atoms with van der Waals surface area (Å²) in [6.45, 7) is 4.77. The van der Waals surface area contributed by atoms with Gasteiger partial charge in [-0.1, -0.05) is 147 Å². The lowest BCUT2D eigenvalue weighted by Gasteiger charge is -2.28. The minimum absolute atomic E-state index is 0.188. The van der Waals surface area contributed by atoms with Crippen LogP contribution in [0.5, 0.6) is 0 Å². The second kappa shape index (κ2) is 13.0. The van der Waals surface area contributed by atoms with E-state index in [0.717, 1.165) is 28.4 Å². The van der Waals surface area contributed by atoms with Gasteiger partial charge in [-0.25, -0.2) is 0 Å². The van der Waals surface area contributed by atoms with Crippen LogP contribution in [0, 0.1) is 0 Å². The molecule has 11 rings (SSSR count). The van der Waals surface area contributed by atoms with Crippen LogP contribution in [0.2, 0.25) is 0 Å². The Balaban J connectivity index is 1.04. The van der Waals surface area contributed by atoms with Crippen molar-refractivity contribution in [2.24, 2.45) is 0 Å². The zero-order chi connectivity index (χ0) is 38.1. The predicted molar refractivity (Wildman–Crippen MR) is 243 cm³/mol. The molecule has 1 aliphatic rings. The van der Waals surface area contributed by atoms with Gasteiger partial charge >= 0.3 is 0 Å². The monoisotopic (exact) mass is 728 g/mol. The normalized spacial score (nSPS) is 12.9. The number of nitrogens with zero attached hydrogens (tertiary/aromatic N) is 2. The smallest absolute Gasteiger partial charge is 0.0540 e. The third kappa shape index (κ3) is 5.25. The van der Waals surface area contributed by atoms with Crippen LogP contribution in [0.3, 0.4) is 0 Å².